The number of benzene rings is 1. The summed E-state index contributed by atoms with van der Waals surface area (Å²) in [6.07, 6.45) is 6.26. The Hall–Kier alpha value is -1.56. The van der Waals surface area contributed by atoms with Gasteiger partial charge in [0.2, 0.25) is 0 Å². The van der Waals surface area contributed by atoms with Crippen LogP contribution in [-0.2, 0) is 6.54 Å². The molecule has 0 amide bonds. The fraction of sp³-hybridized carbons (Fsp3) is 0.619. The molecule has 1 atom stereocenters. The summed E-state index contributed by atoms with van der Waals surface area (Å²) in [6.45, 7) is 6.39. The molecule has 26 heavy (non-hydrogen) atoms. The van der Waals surface area contributed by atoms with Gasteiger partial charge in [-0.15, -0.1) is 0 Å². The summed E-state index contributed by atoms with van der Waals surface area (Å²) in [5.74, 6) is 0. The highest BCUT2D eigenvalue weighted by Gasteiger charge is 2.33. The summed E-state index contributed by atoms with van der Waals surface area (Å²) in [5, 5.41) is 9.55. The normalized spacial score (nSPS) is 23.1. The quantitative estimate of drug-likeness (QED) is 0.895. The minimum Gasteiger partial charge on any atom is -0.396 e. The number of fused-ring (bicyclic) bond motifs is 1. The maximum atomic E-state index is 9.55. The van der Waals surface area contributed by atoms with Crippen LogP contribution in [0.2, 0.25) is 0 Å². The fourth-order valence-electron chi connectivity index (χ4n) is 4.69. The van der Waals surface area contributed by atoms with Crippen molar-refractivity contribution in [3.05, 3.63) is 35.7 Å². The highest BCUT2D eigenvalue weighted by molar-refractivity contribution is 5.74. The van der Waals surface area contributed by atoms with E-state index in [2.05, 4.69) is 16.7 Å². The molecule has 2 aliphatic rings. The van der Waals surface area contributed by atoms with Crippen LogP contribution in [0.4, 0.5) is 0 Å². The maximum Gasteiger partial charge on any atom is 0.0890 e. The van der Waals surface area contributed by atoms with Gasteiger partial charge in [-0.3, -0.25) is 9.80 Å². The standard InChI is InChI=1S/C21H30N4O/c1-16-21(23-20-9-5-4-8-19(20)22-16)15-24-11-12-25(17-6-2-3-7-17)18(14-24)10-13-26/h4-5,8-9,17-18,26H,2-3,6-7,10-15H2,1H3/t18-/m1/s1. The van der Waals surface area contributed by atoms with E-state index < -0.39 is 0 Å². The third-order valence-electron chi connectivity index (χ3n) is 6.08. The van der Waals surface area contributed by atoms with Gasteiger partial charge in [-0.05, 0) is 38.3 Å². The zero-order valence-corrected chi connectivity index (χ0v) is 15.8. The molecular formula is C21H30N4O. The molecule has 4 rings (SSSR count). The van der Waals surface area contributed by atoms with Gasteiger partial charge in [0, 0.05) is 44.9 Å². The first kappa shape index (κ1) is 17.8. The smallest absolute Gasteiger partial charge is 0.0890 e. The van der Waals surface area contributed by atoms with Crippen LogP contribution in [-0.4, -0.2) is 63.2 Å². The number of para-hydroxylation sites is 2. The Kier molecular flexibility index (Phi) is 5.48. The Morgan fingerprint density at radius 3 is 2.54 bits per heavy atom. The van der Waals surface area contributed by atoms with Crippen LogP contribution in [0.5, 0.6) is 0 Å². The summed E-state index contributed by atoms with van der Waals surface area (Å²) in [4.78, 5) is 14.8. The van der Waals surface area contributed by atoms with Crippen LogP contribution >= 0.6 is 0 Å². The monoisotopic (exact) mass is 354 g/mol. The summed E-state index contributed by atoms with van der Waals surface area (Å²) in [5.41, 5.74) is 4.06. The van der Waals surface area contributed by atoms with Crippen LogP contribution in [0.1, 0.15) is 43.5 Å². The van der Waals surface area contributed by atoms with E-state index in [0.29, 0.717) is 6.04 Å². The van der Waals surface area contributed by atoms with Crippen molar-refractivity contribution in [2.75, 3.05) is 26.2 Å². The van der Waals surface area contributed by atoms with Crippen LogP contribution < -0.4 is 0 Å². The topological polar surface area (TPSA) is 52.5 Å². The second-order valence-electron chi connectivity index (χ2n) is 7.82. The van der Waals surface area contributed by atoms with Gasteiger partial charge in [0.05, 0.1) is 22.4 Å². The molecule has 1 saturated carbocycles. The van der Waals surface area contributed by atoms with Gasteiger partial charge in [0.1, 0.15) is 0 Å². The molecule has 1 saturated heterocycles. The number of aromatic nitrogens is 2. The molecule has 1 aromatic carbocycles. The first-order valence-corrected chi connectivity index (χ1v) is 10.1. The predicted molar refractivity (Wildman–Crippen MR) is 104 cm³/mol. The van der Waals surface area contributed by atoms with Crippen molar-refractivity contribution >= 4 is 11.0 Å². The molecule has 5 heteroatoms. The lowest BCUT2D eigenvalue weighted by Gasteiger charge is -2.44. The molecule has 0 bridgehead atoms. The lowest BCUT2D eigenvalue weighted by Crippen LogP contribution is -2.56. The molecule has 0 spiro atoms. The average molecular weight is 354 g/mol. The Bertz CT molecular complexity index is 744. The number of nitrogens with zero attached hydrogens (tertiary/aromatic N) is 4. The first-order valence-electron chi connectivity index (χ1n) is 10.1. The zero-order chi connectivity index (χ0) is 17.9. The first-order chi connectivity index (χ1) is 12.7. The lowest BCUT2D eigenvalue weighted by atomic mass is 10.0. The third kappa shape index (κ3) is 3.75. The predicted octanol–water partition coefficient (Wildman–Crippen LogP) is 2.75. The van der Waals surface area contributed by atoms with Gasteiger partial charge >= 0.3 is 0 Å². The second-order valence-corrected chi connectivity index (χ2v) is 7.82. The molecule has 2 fully saturated rings. The van der Waals surface area contributed by atoms with Gasteiger partial charge in [-0.2, -0.15) is 0 Å². The number of aryl methyl sites for hydroxylation is 1. The lowest BCUT2D eigenvalue weighted by molar-refractivity contribution is 0.0262. The Balaban J connectivity index is 1.47. The number of piperazine rings is 1. The highest BCUT2D eigenvalue weighted by atomic mass is 16.3. The van der Waals surface area contributed by atoms with E-state index in [9.17, 15) is 5.11 Å². The van der Waals surface area contributed by atoms with Crippen molar-refractivity contribution in [3.63, 3.8) is 0 Å². The molecule has 0 radical (unpaired) electrons. The number of hydrogen-bond acceptors (Lipinski definition) is 5. The molecule has 1 N–H and O–H groups in total. The van der Waals surface area contributed by atoms with Gasteiger partial charge in [0.15, 0.2) is 0 Å². The molecule has 5 nitrogen and oxygen atoms in total. The summed E-state index contributed by atoms with van der Waals surface area (Å²) in [7, 11) is 0. The van der Waals surface area contributed by atoms with Crippen molar-refractivity contribution in [2.45, 2.75) is 57.7 Å². The van der Waals surface area contributed by atoms with Gasteiger partial charge in [-0.25, -0.2) is 9.97 Å². The fourth-order valence-corrected chi connectivity index (χ4v) is 4.69. The van der Waals surface area contributed by atoms with Crippen molar-refractivity contribution in [2.24, 2.45) is 0 Å². The molecule has 140 valence electrons. The Morgan fingerprint density at radius 1 is 1.08 bits per heavy atom. The number of aliphatic hydroxyl groups is 1. The highest BCUT2D eigenvalue weighted by Crippen LogP contribution is 2.28. The van der Waals surface area contributed by atoms with Crippen molar-refractivity contribution in [1.29, 1.82) is 0 Å². The van der Waals surface area contributed by atoms with Crippen molar-refractivity contribution in [1.82, 2.24) is 19.8 Å². The van der Waals surface area contributed by atoms with E-state index in [1.165, 1.54) is 25.7 Å². The van der Waals surface area contributed by atoms with Crippen LogP contribution in [0, 0.1) is 6.92 Å². The average Bonchev–Trinajstić information content (AvgIpc) is 3.17. The molecule has 2 aromatic rings. The van der Waals surface area contributed by atoms with E-state index in [0.717, 1.165) is 61.1 Å². The van der Waals surface area contributed by atoms with Crippen molar-refractivity contribution < 1.29 is 5.11 Å². The molecule has 0 unspecified atom stereocenters. The maximum absolute atomic E-state index is 9.55. The van der Waals surface area contributed by atoms with E-state index >= 15 is 0 Å². The summed E-state index contributed by atoms with van der Waals surface area (Å²) >= 11 is 0. The third-order valence-corrected chi connectivity index (χ3v) is 6.08. The van der Waals surface area contributed by atoms with E-state index in [-0.39, 0.29) is 6.61 Å². The van der Waals surface area contributed by atoms with Crippen LogP contribution in [0.25, 0.3) is 11.0 Å². The number of hydrogen-bond donors (Lipinski definition) is 1. The number of rotatable bonds is 5. The van der Waals surface area contributed by atoms with E-state index in [1.54, 1.807) is 0 Å². The van der Waals surface area contributed by atoms with Crippen LogP contribution in [0.15, 0.2) is 24.3 Å². The SMILES string of the molecule is Cc1nc2ccccc2nc1CN1CCN(C2CCCC2)[C@H](CCO)C1. The van der Waals surface area contributed by atoms with E-state index in [1.807, 2.05) is 24.3 Å². The zero-order valence-electron chi connectivity index (χ0n) is 15.8. The summed E-state index contributed by atoms with van der Waals surface area (Å²) < 4.78 is 0. The minimum absolute atomic E-state index is 0.274. The number of aliphatic hydroxyl groups excluding tert-OH is 1. The molecule has 1 aliphatic carbocycles. The molecule has 2 heterocycles. The van der Waals surface area contributed by atoms with Crippen molar-refractivity contribution in [3.8, 4) is 0 Å². The van der Waals surface area contributed by atoms with Gasteiger partial charge in [-0.1, -0.05) is 25.0 Å². The Morgan fingerprint density at radius 2 is 1.81 bits per heavy atom. The molecule has 1 aliphatic heterocycles. The van der Waals surface area contributed by atoms with Crippen LogP contribution in [0.3, 0.4) is 0 Å². The van der Waals surface area contributed by atoms with Gasteiger partial charge in [0.25, 0.3) is 0 Å². The molecular weight excluding hydrogens is 324 g/mol. The van der Waals surface area contributed by atoms with Gasteiger partial charge < -0.3 is 5.11 Å². The molecule has 1 aromatic heterocycles. The summed E-state index contributed by atoms with van der Waals surface area (Å²) in [6, 6.07) is 9.29. The minimum atomic E-state index is 0.274. The second kappa shape index (κ2) is 7.99. The Labute approximate surface area is 156 Å². The van der Waals surface area contributed by atoms with E-state index in [4.69, 9.17) is 9.97 Å². The largest absolute Gasteiger partial charge is 0.396 e.